The molecule has 8 heteroatoms. The lowest BCUT2D eigenvalue weighted by molar-refractivity contribution is -0.119. The van der Waals surface area contributed by atoms with E-state index in [0.717, 1.165) is 6.42 Å². The molecule has 0 fully saturated rings. The van der Waals surface area contributed by atoms with Crippen molar-refractivity contribution >= 4 is 21.6 Å². The molecule has 1 aromatic rings. The molecule has 0 bridgehead atoms. The van der Waals surface area contributed by atoms with Crippen LogP contribution in [0.1, 0.15) is 13.3 Å². The molecule has 0 aliphatic heterocycles. The van der Waals surface area contributed by atoms with Gasteiger partial charge in [-0.1, -0.05) is 6.92 Å². The summed E-state index contributed by atoms with van der Waals surface area (Å²) in [6.07, 6.45) is 3.63. The molecule has 7 nitrogen and oxygen atoms in total. The maximum absolute atomic E-state index is 12.1. The summed E-state index contributed by atoms with van der Waals surface area (Å²) >= 11 is 0. The molecule has 0 aromatic carbocycles. The monoisotopic (exact) mass is 286 g/mol. The van der Waals surface area contributed by atoms with Gasteiger partial charge in [0.25, 0.3) is 0 Å². The fourth-order valence-corrected chi connectivity index (χ4v) is 2.43. The third-order valence-electron chi connectivity index (χ3n) is 2.34. The number of hydrogen-bond donors (Lipinski definition) is 3. The summed E-state index contributed by atoms with van der Waals surface area (Å²) < 4.78 is 26.4. The van der Waals surface area contributed by atoms with Crippen LogP contribution >= 0.6 is 0 Å². The Morgan fingerprint density at radius 1 is 1.42 bits per heavy atom. The second kappa shape index (κ2) is 7.05. The molecule has 0 unspecified atom stereocenters. The summed E-state index contributed by atoms with van der Waals surface area (Å²) in [4.78, 5) is 14.9. The number of likely N-dealkylation sites (N-methyl/N-ethyl adjacent to an activating group) is 1. The van der Waals surface area contributed by atoms with Gasteiger partial charge in [-0.2, -0.15) is 0 Å². The van der Waals surface area contributed by atoms with Gasteiger partial charge >= 0.3 is 0 Å². The van der Waals surface area contributed by atoms with Gasteiger partial charge in [-0.05, 0) is 12.5 Å². The molecule has 1 amide bonds. The van der Waals surface area contributed by atoms with Crippen molar-refractivity contribution in [3.8, 4) is 0 Å². The molecule has 0 atom stereocenters. The summed E-state index contributed by atoms with van der Waals surface area (Å²) in [6.45, 7) is 2.33. The van der Waals surface area contributed by atoms with Gasteiger partial charge in [-0.25, -0.2) is 13.1 Å². The minimum Gasteiger partial charge on any atom is -0.384 e. The number of amides is 1. The quantitative estimate of drug-likeness (QED) is 0.651. The number of rotatable bonds is 7. The first-order chi connectivity index (χ1) is 9.01. The van der Waals surface area contributed by atoms with Gasteiger partial charge in [0.2, 0.25) is 15.9 Å². The zero-order chi connectivity index (χ0) is 14.3. The normalized spacial score (nSPS) is 11.1. The van der Waals surface area contributed by atoms with Crippen LogP contribution in [0.4, 0.5) is 5.69 Å². The standard InChI is InChI=1S/C11H18N4O3S/c1-3-5-14-9-4-6-13-7-10(9)19(17,18)15-8-11(16)12-2/h4,6-7,15H,3,5,8H2,1-2H3,(H,12,16)(H,13,14). The Labute approximate surface area is 112 Å². The highest BCUT2D eigenvalue weighted by Gasteiger charge is 2.19. The summed E-state index contributed by atoms with van der Waals surface area (Å²) in [5, 5.41) is 5.35. The van der Waals surface area contributed by atoms with Gasteiger partial charge in [0.15, 0.2) is 0 Å². The Balaban J connectivity index is 2.91. The van der Waals surface area contributed by atoms with E-state index in [1.54, 1.807) is 6.07 Å². The number of nitrogens with zero attached hydrogens (tertiary/aromatic N) is 1. The fraction of sp³-hybridized carbons (Fsp3) is 0.455. The SMILES string of the molecule is CCCNc1ccncc1S(=O)(=O)NCC(=O)NC. The average molecular weight is 286 g/mol. The number of carbonyl (C=O) groups is 1. The number of aromatic nitrogens is 1. The van der Waals surface area contributed by atoms with Gasteiger partial charge in [0.05, 0.1) is 12.2 Å². The van der Waals surface area contributed by atoms with Crippen LogP contribution in [0.3, 0.4) is 0 Å². The molecule has 0 saturated heterocycles. The van der Waals surface area contributed by atoms with Gasteiger partial charge < -0.3 is 10.6 Å². The van der Waals surface area contributed by atoms with E-state index in [1.807, 2.05) is 6.92 Å². The van der Waals surface area contributed by atoms with E-state index in [2.05, 4.69) is 20.3 Å². The minimum absolute atomic E-state index is 0.0346. The topological polar surface area (TPSA) is 100 Å². The number of anilines is 1. The van der Waals surface area contributed by atoms with Gasteiger partial charge in [-0.3, -0.25) is 9.78 Å². The van der Waals surface area contributed by atoms with Gasteiger partial charge in [0.1, 0.15) is 4.90 Å². The molecule has 106 valence electrons. The van der Waals surface area contributed by atoms with E-state index in [0.29, 0.717) is 12.2 Å². The minimum atomic E-state index is -3.76. The van der Waals surface area contributed by atoms with Crippen LogP contribution in [0, 0.1) is 0 Å². The highest BCUT2D eigenvalue weighted by Crippen LogP contribution is 2.18. The largest absolute Gasteiger partial charge is 0.384 e. The maximum atomic E-state index is 12.1. The molecule has 19 heavy (non-hydrogen) atoms. The van der Waals surface area contributed by atoms with Crippen LogP contribution in [-0.2, 0) is 14.8 Å². The van der Waals surface area contributed by atoms with E-state index in [1.165, 1.54) is 19.4 Å². The molecule has 3 N–H and O–H groups in total. The molecule has 1 rings (SSSR count). The number of nitrogens with one attached hydrogen (secondary N) is 3. The van der Waals surface area contributed by atoms with Crippen LogP contribution in [0.2, 0.25) is 0 Å². The molecule has 0 aliphatic carbocycles. The van der Waals surface area contributed by atoms with E-state index in [9.17, 15) is 13.2 Å². The Morgan fingerprint density at radius 3 is 2.79 bits per heavy atom. The van der Waals surface area contributed by atoms with E-state index < -0.39 is 15.9 Å². The van der Waals surface area contributed by atoms with Crippen molar-refractivity contribution in [3.05, 3.63) is 18.5 Å². The molecule has 1 heterocycles. The molecular weight excluding hydrogens is 268 g/mol. The lowest BCUT2D eigenvalue weighted by Gasteiger charge is -2.11. The molecule has 0 spiro atoms. The molecule has 0 aliphatic rings. The lowest BCUT2D eigenvalue weighted by Crippen LogP contribution is -2.35. The van der Waals surface area contributed by atoms with Crippen molar-refractivity contribution in [2.24, 2.45) is 0 Å². The number of sulfonamides is 1. The zero-order valence-electron chi connectivity index (χ0n) is 10.9. The van der Waals surface area contributed by atoms with Gasteiger partial charge in [0, 0.05) is 26.0 Å². The van der Waals surface area contributed by atoms with Crippen molar-refractivity contribution in [1.29, 1.82) is 0 Å². The third kappa shape index (κ3) is 4.49. The lowest BCUT2D eigenvalue weighted by atomic mass is 10.4. The number of carbonyl (C=O) groups excluding carboxylic acids is 1. The Morgan fingerprint density at radius 2 is 2.16 bits per heavy atom. The summed E-state index contributed by atoms with van der Waals surface area (Å²) in [5.74, 6) is -0.407. The first-order valence-electron chi connectivity index (χ1n) is 5.89. The molecular formula is C11H18N4O3S. The Bertz CT molecular complexity index is 530. The first-order valence-corrected chi connectivity index (χ1v) is 7.37. The van der Waals surface area contributed by atoms with Crippen LogP contribution in [0.15, 0.2) is 23.4 Å². The Hall–Kier alpha value is -1.67. The van der Waals surface area contributed by atoms with Crippen LogP contribution in [0.5, 0.6) is 0 Å². The van der Waals surface area contributed by atoms with Crippen molar-refractivity contribution in [2.75, 3.05) is 25.5 Å². The van der Waals surface area contributed by atoms with E-state index in [4.69, 9.17) is 0 Å². The predicted octanol–water partition coefficient (Wildman–Crippen LogP) is -0.0722. The average Bonchev–Trinajstić information content (AvgIpc) is 2.42. The van der Waals surface area contributed by atoms with Crippen LogP contribution < -0.4 is 15.4 Å². The summed E-state index contributed by atoms with van der Waals surface area (Å²) in [7, 11) is -2.32. The van der Waals surface area contributed by atoms with Crippen LogP contribution in [0.25, 0.3) is 0 Å². The molecule has 0 radical (unpaired) electrons. The highest BCUT2D eigenvalue weighted by molar-refractivity contribution is 7.89. The number of pyridine rings is 1. The Kier molecular flexibility index (Phi) is 5.71. The fourth-order valence-electron chi connectivity index (χ4n) is 1.33. The van der Waals surface area contributed by atoms with Gasteiger partial charge in [-0.15, -0.1) is 0 Å². The van der Waals surface area contributed by atoms with E-state index in [-0.39, 0.29) is 11.4 Å². The number of hydrogen-bond acceptors (Lipinski definition) is 5. The summed E-state index contributed by atoms with van der Waals surface area (Å²) in [6, 6.07) is 1.59. The van der Waals surface area contributed by atoms with Crippen molar-refractivity contribution in [2.45, 2.75) is 18.2 Å². The smallest absolute Gasteiger partial charge is 0.244 e. The highest BCUT2D eigenvalue weighted by atomic mass is 32.2. The molecule has 0 saturated carbocycles. The first kappa shape index (κ1) is 15.4. The second-order valence-electron chi connectivity index (χ2n) is 3.80. The predicted molar refractivity (Wildman–Crippen MR) is 72.3 cm³/mol. The van der Waals surface area contributed by atoms with Crippen molar-refractivity contribution < 1.29 is 13.2 Å². The van der Waals surface area contributed by atoms with Crippen molar-refractivity contribution in [3.63, 3.8) is 0 Å². The zero-order valence-corrected chi connectivity index (χ0v) is 11.8. The summed E-state index contributed by atoms with van der Waals surface area (Å²) in [5.41, 5.74) is 0.473. The van der Waals surface area contributed by atoms with Crippen LogP contribution in [-0.4, -0.2) is 39.4 Å². The third-order valence-corrected chi connectivity index (χ3v) is 3.77. The van der Waals surface area contributed by atoms with Crippen molar-refractivity contribution in [1.82, 2.24) is 15.0 Å². The van der Waals surface area contributed by atoms with E-state index >= 15 is 0 Å². The maximum Gasteiger partial charge on any atom is 0.244 e. The molecule has 1 aromatic heterocycles. The second-order valence-corrected chi connectivity index (χ2v) is 5.53.